The number of nitrogens with one attached hydrogen (secondary N) is 1. The molecule has 2 N–H and O–H groups in total. The first-order chi connectivity index (χ1) is 9.20. The maximum absolute atomic E-state index is 12.1. The highest BCUT2D eigenvalue weighted by molar-refractivity contribution is 6.04. The highest BCUT2D eigenvalue weighted by Gasteiger charge is 2.08. The van der Waals surface area contributed by atoms with Gasteiger partial charge in [-0.3, -0.25) is 4.79 Å². The summed E-state index contributed by atoms with van der Waals surface area (Å²) >= 11 is 0. The molecule has 0 radical (unpaired) electrons. The molecule has 2 aromatic rings. The number of phenolic OH excluding ortho intramolecular Hbond substituents is 1. The first-order valence-corrected chi connectivity index (χ1v) is 6.39. The molecule has 0 aliphatic heterocycles. The van der Waals surface area contributed by atoms with E-state index in [1.807, 2.05) is 24.3 Å². The van der Waals surface area contributed by atoms with Crippen LogP contribution in [0.4, 0.5) is 5.69 Å². The SMILES string of the molecule is CCCc1ccccc1NC(=O)c1ccc(O)cc1. The van der Waals surface area contributed by atoms with Crippen LogP contribution in [0.5, 0.6) is 5.75 Å². The second kappa shape index (κ2) is 6.05. The van der Waals surface area contributed by atoms with Gasteiger partial charge in [-0.2, -0.15) is 0 Å². The van der Waals surface area contributed by atoms with Gasteiger partial charge in [0.15, 0.2) is 0 Å². The van der Waals surface area contributed by atoms with Crippen LogP contribution in [-0.2, 0) is 6.42 Å². The van der Waals surface area contributed by atoms with Crippen LogP contribution in [0.2, 0.25) is 0 Å². The second-order valence-electron chi connectivity index (χ2n) is 4.41. The van der Waals surface area contributed by atoms with Gasteiger partial charge in [0, 0.05) is 11.3 Å². The number of phenols is 1. The van der Waals surface area contributed by atoms with Crippen molar-refractivity contribution in [3.63, 3.8) is 0 Å². The van der Waals surface area contributed by atoms with Gasteiger partial charge in [0.1, 0.15) is 5.75 Å². The molecule has 2 aromatic carbocycles. The van der Waals surface area contributed by atoms with E-state index in [2.05, 4.69) is 12.2 Å². The summed E-state index contributed by atoms with van der Waals surface area (Å²) in [5, 5.41) is 12.1. The van der Waals surface area contributed by atoms with E-state index in [-0.39, 0.29) is 11.7 Å². The number of carbonyl (C=O) groups excluding carboxylic acids is 1. The zero-order chi connectivity index (χ0) is 13.7. The Balaban J connectivity index is 2.16. The van der Waals surface area contributed by atoms with Crippen molar-refractivity contribution in [3.05, 3.63) is 59.7 Å². The Morgan fingerprint density at radius 3 is 2.47 bits per heavy atom. The number of amides is 1. The predicted octanol–water partition coefficient (Wildman–Crippen LogP) is 3.60. The van der Waals surface area contributed by atoms with E-state index in [0.29, 0.717) is 5.56 Å². The maximum Gasteiger partial charge on any atom is 0.255 e. The molecule has 19 heavy (non-hydrogen) atoms. The van der Waals surface area contributed by atoms with Gasteiger partial charge < -0.3 is 10.4 Å². The number of aryl methyl sites for hydroxylation is 1. The fourth-order valence-electron chi connectivity index (χ4n) is 1.94. The molecule has 0 aromatic heterocycles. The normalized spacial score (nSPS) is 10.2. The average Bonchev–Trinajstić information content (AvgIpc) is 2.42. The minimum atomic E-state index is -0.163. The van der Waals surface area contributed by atoms with Crippen LogP contribution >= 0.6 is 0 Å². The van der Waals surface area contributed by atoms with Gasteiger partial charge in [-0.1, -0.05) is 31.5 Å². The van der Waals surface area contributed by atoms with Crippen LogP contribution in [0.15, 0.2) is 48.5 Å². The minimum absolute atomic E-state index is 0.155. The molecule has 0 spiro atoms. The molecule has 0 fully saturated rings. The van der Waals surface area contributed by atoms with E-state index in [1.54, 1.807) is 12.1 Å². The molecule has 0 atom stereocenters. The standard InChI is InChI=1S/C16H17NO2/c1-2-5-12-6-3-4-7-15(12)17-16(19)13-8-10-14(18)11-9-13/h3-4,6-11,18H,2,5H2,1H3,(H,17,19). The molecule has 1 amide bonds. The van der Waals surface area contributed by atoms with E-state index in [0.717, 1.165) is 24.1 Å². The number of hydrogen-bond acceptors (Lipinski definition) is 2. The van der Waals surface area contributed by atoms with Crippen molar-refractivity contribution in [1.82, 2.24) is 0 Å². The van der Waals surface area contributed by atoms with Gasteiger partial charge >= 0.3 is 0 Å². The highest BCUT2D eigenvalue weighted by atomic mass is 16.3. The van der Waals surface area contributed by atoms with Crippen LogP contribution in [-0.4, -0.2) is 11.0 Å². The van der Waals surface area contributed by atoms with Crippen LogP contribution in [0, 0.1) is 0 Å². The summed E-state index contributed by atoms with van der Waals surface area (Å²) in [6.07, 6.45) is 1.97. The Bertz CT molecular complexity index is 561. The molecule has 0 heterocycles. The molecule has 0 aliphatic carbocycles. The molecule has 2 rings (SSSR count). The zero-order valence-corrected chi connectivity index (χ0v) is 10.9. The third kappa shape index (κ3) is 3.35. The Labute approximate surface area is 112 Å². The van der Waals surface area contributed by atoms with Gasteiger partial charge in [0.2, 0.25) is 0 Å². The van der Waals surface area contributed by atoms with Crippen molar-refractivity contribution < 1.29 is 9.90 Å². The summed E-state index contributed by atoms with van der Waals surface area (Å²) in [5.74, 6) is -0.00788. The van der Waals surface area contributed by atoms with Gasteiger partial charge in [0.05, 0.1) is 0 Å². The number of hydrogen-bond donors (Lipinski definition) is 2. The smallest absolute Gasteiger partial charge is 0.255 e. The van der Waals surface area contributed by atoms with Crippen LogP contribution in [0.25, 0.3) is 0 Å². The fraction of sp³-hybridized carbons (Fsp3) is 0.188. The largest absolute Gasteiger partial charge is 0.508 e. The molecular weight excluding hydrogens is 238 g/mol. The quantitative estimate of drug-likeness (QED) is 0.877. The van der Waals surface area contributed by atoms with Crippen LogP contribution in [0.1, 0.15) is 29.3 Å². The highest BCUT2D eigenvalue weighted by Crippen LogP contribution is 2.18. The van der Waals surface area contributed by atoms with Crippen molar-refractivity contribution in [1.29, 1.82) is 0 Å². The van der Waals surface area contributed by atoms with Crippen molar-refractivity contribution in [2.24, 2.45) is 0 Å². The minimum Gasteiger partial charge on any atom is -0.508 e. The van der Waals surface area contributed by atoms with E-state index in [4.69, 9.17) is 0 Å². The third-order valence-electron chi connectivity index (χ3n) is 2.91. The lowest BCUT2D eigenvalue weighted by Crippen LogP contribution is -2.13. The summed E-state index contributed by atoms with van der Waals surface area (Å²) in [4.78, 5) is 12.1. The summed E-state index contributed by atoms with van der Waals surface area (Å²) < 4.78 is 0. The Morgan fingerprint density at radius 2 is 1.79 bits per heavy atom. The topological polar surface area (TPSA) is 49.3 Å². The van der Waals surface area contributed by atoms with Crippen molar-refractivity contribution in [2.45, 2.75) is 19.8 Å². The molecule has 0 bridgehead atoms. The lowest BCUT2D eigenvalue weighted by atomic mass is 10.1. The van der Waals surface area contributed by atoms with E-state index < -0.39 is 0 Å². The summed E-state index contributed by atoms with van der Waals surface area (Å²) in [6.45, 7) is 2.11. The van der Waals surface area contributed by atoms with Gasteiger partial charge in [-0.15, -0.1) is 0 Å². The first-order valence-electron chi connectivity index (χ1n) is 6.39. The van der Waals surface area contributed by atoms with E-state index in [1.165, 1.54) is 12.1 Å². The van der Waals surface area contributed by atoms with E-state index >= 15 is 0 Å². The summed E-state index contributed by atoms with van der Waals surface area (Å²) in [5.41, 5.74) is 2.52. The number of para-hydroxylation sites is 1. The fourth-order valence-corrected chi connectivity index (χ4v) is 1.94. The molecule has 0 saturated heterocycles. The molecule has 3 nitrogen and oxygen atoms in total. The predicted molar refractivity (Wildman–Crippen MR) is 76.5 cm³/mol. The first kappa shape index (κ1) is 13.1. The molecular formula is C16H17NO2. The summed E-state index contributed by atoms with van der Waals surface area (Å²) in [7, 11) is 0. The average molecular weight is 255 g/mol. The van der Waals surface area contributed by atoms with Crippen molar-refractivity contribution in [3.8, 4) is 5.75 Å². The number of aromatic hydroxyl groups is 1. The number of rotatable bonds is 4. The van der Waals surface area contributed by atoms with Gasteiger partial charge in [-0.05, 0) is 42.3 Å². The summed E-state index contributed by atoms with van der Waals surface area (Å²) in [6, 6.07) is 14.0. The molecule has 3 heteroatoms. The maximum atomic E-state index is 12.1. The van der Waals surface area contributed by atoms with Gasteiger partial charge in [-0.25, -0.2) is 0 Å². The molecule has 0 saturated carbocycles. The van der Waals surface area contributed by atoms with Crippen LogP contribution in [0.3, 0.4) is 0 Å². The number of benzene rings is 2. The third-order valence-corrected chi connectivity index (χ3v) is 2.91. The monoisotopic (exact) mass is 255 g/mol. The number of anilines is 1. The second-order valence-corrected chi connectivity index (χ2v) is 4.41. The lowest BCUT2D eigenvalue weighted by molar-refractivity contribution is 0.102. The van der Waals surface area contributed by atoms with Crippen molar-refractivity contribution >= 4 is 11.6 Å². The lowest BCUT2D eigenvalue weighted by Gasteiger charge is -2.10. The van der Waals surface area contributed by atoms with Crippen molar-refractivity contribution in [2.75, 3.05) is 5.32 Å². The Morgan fingerprint density at radius 1 is 1.11 bits per heavy atom. The Hall–Kier alpha value is -2.29. The molecule has 0 aliphatic rings. The number of carbonyl (C=O) groups is 1. The molecule has 98 valence electrons. The molecule has 0 unspecified atom stereocenters. The van der Waals surface area contributed by atoms with Crippen LogP contribution < -0.4 is 5.32 Å². The zero-order valence-electron chi connectivity index (χ0n) is 10.9. The van der Waals surface area contributed by atoms with E-state index in [9.17, 15) is 9.90 Å². The Kier molecular flexibility index (Phi) is 4.18. The van der Waals surface area contributed by atoms with Gasteiger partial charge in [0.25, 0.3) is 5.91 Å².